The molecule has 0 aromatic heterocycles. The van der Waals surface area contributed by atoms with Crippen LogP contribution < -0.4 is 4.74 Å². The van der Waals surface area contributed by atoms with Crippen molar-refractivity contribution in [2.75, 3.05) is 6.61 Å². The third kappa shape index (κ3) is 5.70. The summed E-state index contributed by atoms with van der Waals surface area (Å²) in [5.41, 5.74) is 2.46. The molecule has 0 aliphatic heterocycles. The van der Waals surface area contributed by atoms with Gasteiger partial charge in [-0.3, -0.25) is 0 Å². The Balaban J connectivity index is 1.80. The van der Waals surface area contributed by atoms with Crippen molar-refractivity contribution in [3.63, 3.8) is 0 Å². The Bertz CT molecular complexity index is 589. The van der Waals surface area contributed by atoms with Gasteiger partial charge >= 0.3 is 0 Å². The van der Waals surface area contributed by atoms with Gasteiger partial charge in [0.05, 0.1) is 6.61 Å². The first-order valence-electron chi connectivity index (χ1n) is 8.70. The van der Waals surface area contributed by atoms with Crippen molar-refractivity contribution in [1.29, 1.82) is 0 Å². The zero-order chi connectivity index (χ0) is 16.5. The van der Waals surface area contributed by atoms with E-state index < -0.39 is 0 Å². The van der Waals surface area contributed by atoms with E-state index in [4.69, 9.17) is 4.74 Å². The Labute approximate surface area is 139 Å². The van der Waals surface area contributed by atoms with Crippen LogP contribution >= 0.6 is 0 Å². The lowest BCUT2D eigenvalue weighted by Crippen LogP contribution is -1.97. The van der Waals surface area contributed by atoms with Crippen LogP contribution in [0.25, 0.3) is 11.1 Å². The molecule has 0 saturated carbocycles. The number of hydrogen-bond donors (Lipinski definition) is 0. The monoisotopic (exact) mass is 314 g/mol. The van der Waals surface area contributed by atoms with Crippen molar-refractivity contribution in [1.82, 2.24) is 0 Å². The molecule has 124 valence electrons. The molecule has 0 spiro atoms. The zero-order valence-electron chi connectivity index (χ0n) is 14.3. The fourth-order valence-electron chi connectivity index (χ4n) is 2.66. The fraction of sp³-hybridized carbons (Fsp3) is 0.429. The van der Waals surface area contributed by atoms with E-state index >= 15 is 0 Å². The molecule has 2 aromatic rings. The average Bonchev–Trinajstić information content (AvgIpc) is 2.55. The first-order chi connectivity index (χ1) is 11.2. The second kappa shape index (κ2) is 9.34. The van der Waals surface area contributed by atoms with E-state index in [9.17, 15) is 4.39 Å². The average molecular weight is 314 g/mol. The second-order valence-electron chi connectivity index (χ2n) is 6.12. The van der Waals surface area contributed by atoms with Crippen molar-refractivity contribution in [2.24, 2.45) is 0 Å². The summed E-state index contributed by atoms with van der Waals surface area (Å²) in [5, 5.41) is 0. The Morgan fingerprint density at radius 3 is 2.26 bits per heavy atom. The van der Waals surface area contributed by atoms with E-state index in [1.807, 2.05) is 43.3 Å². The highest BCUT2D eigenvalue weighted by Crippen LogP contribution is 2.25. The number of rotatable bonds is 9. The predicted octanol–water partition coefficient (Wildman–Crippen LogP) is 6.54. The van der Waals surface area contributed by atoms with Crippen molar-refractivity contribution >= 4 is 0 Å². The maximum atomic E-state index is 14.0. The lowest BCUT2D eigenvalue weighted by atomic mass is 10.0. The number of benzene rings is 2. The minimum atomic E-state index is -0.175. The first kappa shape index (κ1) is 17.5. The van der Waals surface area contributed by atoms with Gasteiger partial charge in [0.25, 0.3) is 0 Å². The largest absolute Gasteiger partial charge is 0.494 e. The Hall–Kier alpha value is -1.83. The zero-order valence-corrected chi connectivity index (χ0v) is 14.3. The molecule has 0 N–H and O–H groups in total. The number of hydrogen-bond acceptors (Lipinski definition) is 1. The highest BCUT2D eigenvalue weighted by molar-refractivity contribution is 5.65. The third-order valence-electron chi connectivity index (χ3n) is 4.06. The van der Waals surface area contributed by atoms with Crippen LogP contribution in [0.15, 0.2) is 42.5 Å². The molecule has 0 amide bonds. The molecule has 2 aromatic carbocycles. The molecule has 23 heavy (non-hydrogen) atoms. The second-order valence-corrected chi connectivity index (χ2v) is 6.12. The van der Waals surface area contributed by atoms with Gasteiger partial charge in [0.2, 0.25) is 0 Å². The molecular weight excluding hydrogens is 287 g/mol. The molecule has 0 saturated heterocycles. The highest BCUT2D eigenvalue weighted by atomic mass is 19.1. The van der Waals surface area contributed by atoms with E-state index in [-0.39, 0.29) is 5.82 Å². The van der Waals surface area contributed by atoms with Crippen LogP contribution in [0.1, 0.15) is 51.0 Å². The summed E-state index contributed by atoms with van der Waals surface area (Å²) in [4.78, 5) is 0. The van der Waals surface area contributed by atoms with Crippen LogP contribution in [0.2, 0.25) is 0 Å². The quantitative estimate of drug-likeness (QED) is 0.477. The minimum Gasteiger partial charge on any atom is -0.494 e. The molecule has 1 nitrogen and oxygen atoms in total. The van der Waals surface area contributed by atoms with Crippen LogP contribution in [0.3, 0.4) is 0 Å². The Kier molecular flexibility index (Phi) is 7.12. The Morgan fingerprint density at radius 2 is 1.57 bits per heavy atom. The van der Waals surface area contributed by atoms with Crippen molar-refractivity contribution in [2.45, 2.75) is 52.4 Å². The summed E-state index contributed by atoms with van der Waals surface area (Å²) in [6.45, 7) is 4.88. The molecule has 0 fully saturated rings. The summed E-state index contributed by atoms with van der Waals surface area (Å²) in [6, 6.07) is 13.0. The molecule has 0 aliphatic carbocycles. The maximum absolute atomic E-state index is 14.0. The van der Waals surface area contributed by atoms with Crippen LogP contribution in [0, 0.1) is 12.7 Å². The van der Waals surface area contributed by atoms with Crippen molar-refractivity contribution in [3.8, 4) is 16.9 Å². The van der Waals surface area contributed by atoms with Gasteiger partial charge in [-0.2, -0.15) is 0 Å². The van der Waals surface area contributed by atoms with Crippen molar-refractivity contribution < 1.29 is 9.13 Å². The van der Waals surface area contributed by atoms with Gasteiger partial charge in [-0.25, -0.2) is 4.39 Å². The summed E-state index contributed by atoms with van der Waals surface area (Å²) < 4.78 is 19.7. The number of ether oxygens (including phenoxy) is 1. The number of aryl methyl sites for hydroxylation is 1. The normalized spacial score (nSPS) is 10.7. The van der Waals surface area contributed by atoms with Crippen LogP contribution in [0.5, 0.6) is 5.75 Å². The highest BCUT2D eigenvalue weighted by Gasteiger charge is 2.05. The molecule has 0 atom stereocenters. The van der Waals surface area contributed by atoms with Gasteiger partial charge in [0.15, 0.2) is 0 Å². The molecule has 0 bridgehead atoms. The molecule has 0 radical (unpaired) electrons. The third-order valence-corrected chi connectivity index (χ3v) is 4.06. The summed E-state index contributed by atoms with van der Waals surface area (Å²) in [5.74, 6) is 0.681. The fourth-order valence-corrected chi connectivity index (χ4v) is 2.66. The van der Waals surface area contributed by atoms with Crippen LogP contribution in [-0.4, -0.2) is 6.61 Å². The topological polar surface area (TPSA) is 9.23 Å². The molecule has 2 heteroatoms. The molecule has 0 unspecified atom stereocenters. The standard InChI is InChI=1S/C21H27FO/c1-3-4-5-6-7-8-15-23-19-12-10-18(11-13-19)20-14-9-17(2)16-21(20)22/h9-14,16H,3-8,15H2,1-2H3. The van der Waals surface area contributed by atoms with E-state index in [2.05, 4.69) is 6.92 Å². The molecule has 2 rings (SSSR count). The predicted molar refractivity (Wildman–Crippen MR) is 95.4 cm³/mol. The lowest BCUT2D eigenvalue weighted by Gasteiger charge is -2.08. The van der Waals surface area contributed by atoms with Crippen LogP contribution in [-0.2, 0) is 0 Å². The lowest BCUT2D eigenvalue weighted by molar-refractivity contribution is 0.304. The summed E-state index contributed by atoms with van der Waals surface area (Å²) in [6.07, 6.45) is 7.56. The van der Waals surface area contributed by atoms with Gasteiger partial charge < -0.3 is 4.74 Å². The minimum absolute atomic E-state index is 0.175. The number of halogens is 1. The molecule has 0 heterocycles. The number of unbranched alkanes of at least 4 members (excludes halogenated alkanes) is 5. The summed E-state index contributed by atoms with van der Waals surface area (Å²) >= 11 is 0. The van der Waals surface area contributed by atoms with E-state index in [1.54, 1.807) is 6.07 Å². The van der Waals surface area contributed by atoms with Crippen molar-refractivity contribution in [3.05, 3.63) is 53.8 Å². The van der Waals surface area contributed by atoms with Gasteiger partial charge in [0.1, 0.15) is 11.6 Å². The summed E-state index contributed by atoms with van der Waals surface area (Å²) in [7, 11) is 0. The van der Waals surface area contributed by atoms with E-state index in [0.717, 1.165) is 29.9 Å². The molecule has 0 aliphatic rings. The van der Waals surface area contributed by atoms with Gasteiger partial charge in [-0.15, -0.1) is 0 Å². The van der Waals surface area contributed by atoms with Gasteiger partial charge in [0, 0.05) is 5.56 Å². The molecular formula is C21H27FO. The maximum Gasteiger partial charge on any atom is 0.131 e. The van der Waals surface area contributed by atoms with Crippen LogP contribution in [0.4, 0.5) is 4.39 Å². The smallest absolute Gasteiger partial charge is 0.131 e. The van der Waals surface area contributed by atoms with E-state index in [0.29, 0.717) is 5.56 Å². The first-order valence-corrected chi connectivity index (χ1v) is 8.70. The Morgan fingerprint density at radius 1 is 0.870 bits per heavy atom. The van der Waals surface area contributed by atoms with E-state index in [1.165, 1.54) is 32.1 Å². The van der Waals surface area contributed by atoms with Gasteiger partial charge in [-0.1, -0.05) is 63.3 Å². The van der Waals surface area contributed by atoms with Gasteiger partial charge in [-0.05, 0) is 42.7 Å². The SMILES string of the molecule is CCCCCCCCOc1ccc(-c2ccc(C)cc2F)cc1.